The highest BCUT2D eigenvalue weighted by molar-refractivity contribution is 7.99. The number of benzene rings is 6. The zero-order valence-electron chi connectivity index (χ0n) is 28.6. The molecule has 242 valence electrons. The van der Waals surface area contributed by atoms with Crippen LogP contribution in [0.2, 0.25) is 0 Å². The van der Waals surface area contributed by atoms with Crippen LogP contribution in [0.25, 0.3) is 34.2 Å². The lowest BCUT2D eigenvalue weighted by Gasteiger charge is -2.45. The van der Waals surface area contributed by atoms with Gasteiger partial charge in [-0.3, -0.25) is 0 Å². The molecule has 1 aliphatic heterocycles. The van der Waals surface area contributed by atoms with E-state index in [0.717, 1.165) is 16.7 Å². The van der Waals surface area contributed by atoms with Gasteiger partial charge in [-0.05, 0) is 64.7 Å². The van der Waals surface area contributed by atoms with E-state index >= 15 is 0 Å². The van der Waals surface area contributed by atoms with Crippen molar-refractivity contribution in [2.24, 2.45) is 0 Å². The van der Waals surface area contributed by atoms with Crippen molar-refractivity contribution < 1.29 is 0 Å². The highest BCUT2D eigenvalue weighted by Gasteiger charge is 2.42. The molecule has 1 aromatic heterocycles. The smallest absolute Gasteiger partial charge is 0.164 e. The van der Waals surface area contributed by atoms with Crippen molar-refractivity contribution in [3.05, 3.63) is 168 Å². The molecule has 0 saturated heterocycles. The van der Waals surface area contributed by atoms with Gasteiger partial charge in [0.05, 0.1) is 11.4 Å². The van der Waals surface area contributed by atoms with Crippen molar-refractivity contribution in [2.75, 3.05) is 4.90 Å². The van der Waals surface area contributed by atoms with Crippen LogP contribution in [0.1, 0.15) is 49.9 Å². The van der Waals surface area contributed by atoms with Crippen molar-refractivity contribution in [1.82, 2.24) is 15.0 Å². The fraction of sp³-hybridized carbons (Fsp3) is 0.133. The van der Waals surface area contributed by atoms with Gasteiger partial charge in [-0.15, -0.1) is 0 Å². The van der Waals surface area contributed by atoms with E-state index in [-0.39, 0.29) is 10.8 Å². The van der Waals surface area contributed by atoms with E-state index in [4.69, 9.17) is 15.0 Å². The van der Waals surface area contributed by atoms with Crippen LogP contribution < -0.4 is 4.90 Å². The summed E-state index contributed by atoms with van der Waals surface area (Å²) in [5, 5.41) is 0. The molecule has 0 amide bonds. The Kier molecular flexibility index (Phi) is 7.04. The van der Waals surface area contributed by atoms with Gasteiger partial charge in [0, 0.05) is 43.0 Å². The molecular weight excluding hydrogens is 629 g/mol. The first-order valence-electron chi connectivity index (χ1n) is 17.1. The molecule has 0 unspecified atom stereocenters. The number of rotatable bonds is 4. The highest BCUT2D eigenvalue weighted by atomic mass is 32.2. The molecule has 5 heteroatoms. The van der Waals surface area contributed by atoms with Gasteiger partial charge in [-0.1, -0.05) is 143 Å². The third-order valence-corrected chi connectivity index (χ3v) is 11.5. The Balaban J connectivity index is 1.20. The van der Waals surface area contributed by atoms with E-state index in [9.17, 15) is 0 Å². The summed E-state index contributed by atoms with van der Waals surface area (Å²) in [5.41, 5.74) is 11.4. The molecular formula is C45H36N4S. The maximum absolute atomic E-state index is 5.06. The van der Waals surface area contributed by atoms with Crippen molar-refractivity contribution >= 4 is 28.8 Å². The summed E-state index contributed by atoms with van der Waals surface area (Å²) in [6.45, 7) is 9.43. The van der Waals surface area contributed by atoms with Crippen molar-refractivity contribution in [1.29, 1.82) is 0 Å². The number of para-hydroxylation sites is 2. The topological polar surface area (TPSA) is 41.9 Å². The standard InChI is InChI=1S/C45H36N4S/c1-44(2)33-25-23-31(43-47-41(29-15-7-5-8-16-29)46-42(48-43)30-17-9-6-10-18-30)27-35(33)45(3,4)36-28-32(24-26-34(36)44)49-37-19-11-13-21-39(37)50-40-22-14-12-20-38(40)49/h5-28H,1-4H3. The van der Waals surface area contributed by atoms with E-state index in [0.29, 0.717) is 17.5 Å². The van der Waals surface area contributed by atoms with E-state index in [1.54, 1.807) is 0 Å². The quantitative estimate of drug-likeness (QED) is 0.187. The largest absolute Gasteiger partial charge is 0.308 e. The SMILES string of the molecule is CC1(C)c2ccc(-c3nc(-c4ccccc4)nc(-c4ccccc4)n3)cc2C(C)(C)c2cc(N3c4ccccc4Sc4ccccc43)ccc21. The Morgan fingerprint density at radius 1 is 0.420 bits per heavy atom. The maximum Gasteiger partial charge on any atom is 0.164 e. The molecule has 2 aliphatic rings. The summed E-state index contributed by atoms with van der Waals surface area (Å²) in [5.74, 6) is 2.01. The third-order valence-electron chi connectivity index (χ3n) is 10.4. The van der Waals surface area contributed by atoms with Crippen LogP contribution in [0.3, 0.4) is 0 Å². The third kappa shape index (κ3) is 4.87. The second-order valence-electron chi connectivity index (χ2n) is 14.2. The Bertz CT molecular complexity index is 2310. The number of anilines is 3. The van der Waals surface area contributed by atoms with Gasteiger partial charge in [-0.25, -0.2) is 15.0 Å². The number of hydrogen-bond donors (Lipinski definition) is 0. The first-order valence-corrected chi connectivity index (χ1v) is 17.9. The van der Waals surface area contributed by atoms with Gasteiger partial charge < -0.3 is 4.90 Å². The van der Waals surface area contributed by atoms with Crippen LogP contribution in [0, 0.1) is 0 Å². The minimum absolute atomic E-state index is 0.200. The summed E-state index contributed by atoms with van der Waals surface area (Å²) in [4.78, 5) is 20.0. The minimum Gasteiger partial charge on any atom is -0.308 e. The van der Waals surface area contributed by atoms with Crippen LogP contribution >= 0.6 is 11.8 Å². The van der Waals surface area contributed by atoms with Crippen LogP contribution in [0.4, 0.5) is 17.1 Å². The number of hydrogen-bond acceptors (Lipinski definition) is 5. The molecule has 0 fully saturated rings. The van der Waals surface area contributed by atoms with Crippen LogP contribution in [-0.2, 0) is 10.8 Å². The highest BCUT2D eigenvalue weighted by Crippen LogP contribution is 2.55. The number of fused-ring (bicyclic) bond motifs is 4. The molecule has 9 rings (SSSR count). The molecule has 0 N–H and O–H groups in total. The summed E-state index contributed by atoms with van der Waals surface area (Å²) >= 11 is 1.84. The zero-order chi connectivity index (χ0) is 34.0. The van der Waals surface area contributed by atoms with E-state index < -0.39 is 0 Å². The molecule has 7 aromatic rings. The molecule has 6 aromatic carbocycles. The van der Waals surface area contributed by atoms with Crippen molar-refractivity contribution in [3.63, 3.8) is 0 Å². The van der Waals surface area contributed by atoms with E-state index in [1.807, 2.05) is 48.2 Å². The van der Waals surface area contributed by atoms with Crippen LogP contribution in [-0.4, -0.2) is 15.0 Å². The first kappa shape index (κ1) is 30.5. The minimum atomic E-state index is -0.284. The first-order chi connectivity index (χ1) is 24.3. The molecule has 0 atom stereocenters. The predicted molar refractivity (Wildman–Crippen MR) is 206 cm³/mol. The normalized spacial score (nSPS) is 15.0. The number of nitrogens with zero attached hydrogens (tertiary/aromatic N) is 4. The second kappa shape index (κ2) is 11.5. The Hall–Kier alpha value is -5.52. The van der Waals surface area contributed by atoms with Gasteiger partial charge >= 0.3 is 0 Å². The van der Waals surface area contributed by atoms with Crippen LogP contribution in [0.5, 0.6) is 0 Å². The molecule has 1 aliphatic carbocycles. The summed E-state index contributed by atoms with van der Waals surface area (Å²) in [6.07, 6.45) is 0. The summed E-state index contributed by atoms with van der Waals surface area (Å²) < 4.78 is 0. The lowest BCUT2D eigenvalue weighted by Crippen LogP contribution is -2.36. The maximum atomic E-state index is 5.06. The van der Waals surface area contributed by atoms with Crippen LogP contribution in [0.15, 0.2) is 155 Å². The molecule has 0 bridgehead atoms. The second-order valence-corrected chi connectivity index (χ2v) is 15.2. The van der Waals surface area contributed by atoms with Gasteiger partial charge in [0.15, 0.2) is 17.5 Å². The monoisotopic (exact) mass is 664 g/mol. The van der Waals surface area contributed by atoms with E-state index in [2.05, 4.69) is 142 Å². The lowest BCUT2D eigenvalue weighted by atomic mass is 9.59. The summed E-state index contributed by atoms with van der Waals surface area (Å²) in [6, 6.07) is 51.7. The molecule has 2 heterocycles. The molecule has 0 spiro atoms. The van der Waals surface area contributed by atoms with Gasteiger partial charge in [0.25, 0.3) is 0 Å². The van der Waals surface area contributed by atoms with Gasteiger partial charge in [0.1, 0.15) is 0 Å². The van der Waals surface area contributed by atoms with Gasteiger partial charge in [0.2, 0.25) is 0 Å². The number of aromatic nitrogens is 3. The molecule has 0 saturated carbocycles. The fourth-order valence-corrected chi connectivity index (χ4v) is 8.75. The Morgan fingerprint density at radius 2 is 0.860 bits per heavy atom. The average Bonchev–Trinajstić information content (AvgIpc) is 3.16. The molecule has 0 radical (unpaired) electrons. The van der Waals surface area contributed by atoms with Crippen molar-refractivity contribution in [3.8, 4) is 34.2 Å². The Labute approximate surface area is 297 Å². The van der Waals surface area contributed by atoms with Gasteiger partial charge in [-0.2, -0.15) is 0 Å². The van der Waals surface area contributed by atoms with E-state index in [1.165, 1.54) is 49.1 Å². The van der Waals surface area contributed by atoms with Crippen molar-refractivity contribution in [2.45, 2.75) is 48.3 Å². The molecule has 4 nitrogen and oxygen atoms in total. The average molecular weight is 665 g/mol. The lowest BCUT2D eigenvalue weighted by molar-refractivity contribution is 0.521. The summed E-state index contributed by atoms with van der Waals surface area (Å²) in [7, 11) is 0. The predicted octanol–water partition coefficient (Wildman–Crippen LogP) is 11.8. The zero-order valence-corrected chi connectivity index (χ0v) is 29.4. The fourth-order valence-electron chi connectivity index (χ4n) is 7.69. The molecule has 50 heavy (non-hydrogen) atoms. The Morgan fingerprint density at radius 3 is 1.42 bits per heavy atom.